The number of likely N-dealkylation sites (N-methyl/N-ethyl adjacent to an activating group) is 1. The lowest BCUT2D eigenvalue weighted by atomic mass is 10.2. The lowest BCUT2D eigenvalue weighted by molar-refractivity contribution is -0.136. The van der Waals surface area contributed by atoms with E-state index in [1.54, 1.807) is 19.1 Å². The van der Waals surface area contributed by atoms with E-state index < -0.39 is 11.8 Å². The minimum absolute atomic E-state index is 0.438. The average Bonchev–Trinajstić information content (AvgIpc) is 2.42. The molecule has 2 N–H and O–H groups in total. The van der Waals surface area contributed by atoms with Gasteiger partial charge in [-0.15, -0.1) is 0 Å². The zero-order valence-electron chi connectivity index (χ0n) is 11.7. The van der Waals surface area contributed by atoms with Crippen molar-refractivity contribution in [1.29, 1.82) is 0 Å². The second-order valence-corrected chi connectivity index (χ2v) is 4.03. The number of carbonyl (C=O) groups is 2. The summed E-state index contributed by atoms with van der Waals surface area (Å²) in [7, 11) is 0. The molecule has 2 amide bonds. The molecule has 5 heteroatoms. The van der Waals surface area contributed by atoms with Gasteiger partial charge in [0, 0.05) is 31.0 Å². The van der Waals surface area contributed by atoms with E-state index in [1.165, 1.54) is 0 Å². The van der Waals surface area contributed by atoms with Crippen molar-refractivity contribution in [3.8, 4) is 0 Å². The summed E-state index contributed by atoms with van der Waals surface area (Å²) in [6.07, 6.45) is 0. The topological polar surface area (TPSA) is 61.4 Å². The van der Waals surface area contributed by atoms with Crippen LogP contribution < -0.4 is 15.5 Å². The molecular formula is C14H21N3O2. The van der Waals surface area contributed by atoms with Gasteiger partial charge in [0.2, 0.25) is 0 Å². The fraction of sp³-hybridized carbons (Fsp3) is 0.429. The van der Waals surface area contributed by atoms with Gasteiger partial charge >= 0.3 is 11.8 Å². The summed E-state index contributed by atoms with van der Waals surface area (Å²) in [6.45, 7) is 8.25. The van der Waals surface area contributed by atoms with Gasteiger partial charge < -0.3 is 15.5 Å². The highest BCUT2D eigenvalue weighted by Crippen LogP contribution is 2.17. The van der Waals surface area contributed by atoms with Gasteiger partial charge in [0.1, 0.15) is 0 Å². The van der Waals surface area contributed by atoms with Crippen molar-refractivity contribution in [2.45, 2.75) is 20.8 Å². The molecule has 0 radical (unpaired) electrons. The summed E-state index contributed by atoms with van der Waals surface area (Å²) in [5.41, 5.74) is 1.72. The van der Waals surface area contributed by atoms with Crippen molar-refractivity contribution in [2.75, 3.05) is 29.9 Å². The Kier molecular flexibility index (Phi) is 5.85. The Hall–Kier alpha value is -2.04. The molecule has 104 valence electrons. The molecule has 0 spiro atoms. The molecule has 0 aliphatic rings. The number of benzene rings is 1. The minimum atomic E-state index is -0.641. The first-order valence-electron chi connectivity index (χ1n) is 6.56. The van der Waals surface area contributed by atoms with Crippen LogP contribution in [0.1, 0.15) is 20.8 Å². The maximum atomic E-state index is 11.5. The normalized spacial score (nSPS) is 9.84. The molecule has 0 aliphatic carbocycles. The van der Waals surface area contributed by atoms with Gasteiger partial charge in [-0.2, -0.15) is 0 Å². The average molecular weight is 263 g/mol. The second kappa shape index (κ2) is 7.41. The van der Waals surface area contributed by atoms with Crippen LogP contribution in [0.5, 0.6) is 0 Å². The number of anilines is 2. The van der Waals surface area contributed by atoms with Crippen molar-refractivity contribution in [2.24, 2.45) is 0 Å². The van der Waals surface area contributed by atoms with Gasteiger partial charge in [0.15, 0.2) is 0 Å². The summed E-state index contributed by atoms with van der Waals surface area (Å²) in [4.78, 5) is 25.0. The quantitative estimate of drug-likeness (QED) is 0.793. The van der Waals surface area contributed by atoms with Crippen LogP contribution in [-0.2, 0) is 9.59 Å². The first-order valence-corrected chi connectivity index (χ1v) is 6.56. The van der Waals surface area contributed by atoms with Gasteiger partial charge in [0.05, 0.1) is 0 Å². The van der Waals surface area contributed by atoms with Crippen molar-refractivity contribution in [3.63, 3.8) is 0 Å². The Bertz CT molecular complexity index is 425. The standard InChI is InChI=1S/C14H21N3O2/c1-4-15-13(18)14(19)16-11-7-9-12(10-8-11)17(5-2)6-3/h7-10H,4-6H2,1-3H3,(H,15,18)(H,16,19). The van der Waals surface area contributed by atoms with Crippen LogP contribution >= 0.6 is 0 Å². The van der Waals surface area contributed by atoms with Crippen LogP contribution in [0.3, 0.4) is 0 Å². The monoisotopic (exact) mass is 263 g/mol. The fourth-order valence-corrected chi connectivity index (χ4v) is 1.77. The first kappa shape index (κ1) is 15.0. The fourth-order valence-electron chi connectivity index (χ4n) is 1.77. The molecule has 19 heavy (non-hydrogen) atoms. The third kappa shape index (κ3) is 4.28. The molecule has 0 bridgehead atoms. The van der Waals surface area contributed by atoms with E-state index in [0.29, 0.717) is 12.2 Å². The first-order chi connectivity index (χ1) is 9.12. The van der Waals surface area contributed by atoms with Crippen LogP contribution in [0.15, 0.2) is 24.3 Å². The molecule has 0 atom stereocenters. The van der Waals surface area contributed by atoms with Gasteiger partial charge in [-0.3, -0.25) is 9.59 Å². The molecule has 0 heterocycles. The Labute approximate surface area is 114 Å². The highest BCUT2D eigenvalue weighted by atomic mass is 16.2. The largest absolute Gasteiger partial charge is 0.372 e. The van der Waals surface area contributed by atoms with Crippen molar-refractivity contribution in [1.82, 2.24) is 5.32 Å². The van der Waals surface area contributed by atoms with E-state index >= 15 is 0 Å². The molecule has 0 saturated heterocycles. The number of nitrogens with one attached hydrogen (secondary N) is 2. The summed E-state index contributed by atoms with van der Waals surface area (Å²) in [6, 6.07) is 7.45. The lowest BCUT2D eigenvalue weighted by Gasteiger charge is -2.21. The predicted octanol–water partition coefficient (Wildman–Crippen LogP) is 1.61. The maximum absolute atomic E-state index is 11.5. The molecule has 1 aromatic rings. The summed E-state index contributed by atoms with van der Waals surface area (Å²) in [5, 5.41) is 5.01. The second-order valence-electron chi connectivity index (χ2n) is 4.03. The van der Waals surface area contributed by atoms with Crippen LogP contribution in [-0.4, -0.2) is 31.4 Å². The van der Waals surface area contributed by atoms with Crippen LogP contribution in [0.2, 0.25) is 0 Å². The van der Waals surface area contributed by atoms with Gasteiger partial charge in [-0.25, -0.2) is 0 Å². The molecule has 0 fully saturated rings. The molecule has 1 rings (SSSR count). The summed E-state index contributed by atoms with van der Waals surface area (Å²) >= 11 is 0. The molecule has 0 saturated carbocycles. The molecule has 1 aromatic carbocycles. The number of nitrogens with zero attached hydrogens (tertiary/aromatic N) is 1. The number of carbonyl (C=O) groups excluding carboxylic acids is 2. The molecule has 0 unspecified atom stereocenters. The molecule has 0 aromatic heterocycles. The third-order valence-corrected chi connectivity index (χ3v) is 2.80. The van der Waals surface area contributed by atoms with Crippen LogP contribution in [0, 0.1) is 0 Å². The van der Waals surface area contributed by atoms with E-state index in [1.807, 2.05) is 12.1 Å². The zero-order valence-corrected chi connectivity index (χ0v) is 11.7. The highest BCUT2D eigenvalue weighted by molar-refractivity contribution is 6.39. The van der Waals surface area contributed by atoms with E-state index in [0.717, 1.165) is 18.8 Å². The van der Waals surface area contributed by atoms with Gasteiger partial charge in [-0.1, -0.05) is 0 Å². The summed E-state index contributed by atoms with van der Waals surface area (Å²) < 4.78 is 0. The Morgan fingerprint density at radius 2 is 1.58 bits per heavy atom. The van der Waals surface area contributed by atoms with Crippen molar-refractivity contribution >= 4 is 23.2 Å². The smallest absolute Gasteiger partial charge is 0.313 e. The number of hydrogen-bond donors (Lipinski definition) is 2. The van der Waals surface area contributed by atoms with Gasteiger partial charge in [-0.05, 0) is 45.0 Å². The minimum Gasteiger partial charge on any atom is -0.372 e. The SMILES string of the molecule is CCNC(=O)C(=O)Nc1ccc(N(CC)CC)cc1. The van der Waals surface area contributed by atoms with E-state index in [4.69, 9.17) is 0 Å². The molecular weight excluding hydrogens is 242 g/mol. The predicted molar refractivity (Wildman–Crippen MR) is 77.3 cm³/mol. The number of rotatable bonds is 5. The molecule has 5 nitrogen and oxygen atoms in total. The van der Waals surface area contributed by atoms with E-state index in [-0.39, 0.29) is 0 Å². The van der Waals surface area contributed by atoms with Crippen molar-refractivity contribution < 1.29 is 9.59 Å². The Morgan fingerprint density at radius 3 is 2.05 bits per heavy atom. The Balaban J connectivity index is 2.66. The van der Waals surface area contributed by atoms with E-state index in [9.17, 15) is 9.59 Å². The van der Waals surface area contributed by atoms with Gasteiger partial charge in [0.25, 0.3) is 0 Å². The van der Waals surface area contributed by atoms with Crippen LogP contribution in [0.25, 0.3) is 0 Å². The molecule has 0 aliphatic heterocycles. The zero-order chi connectivity index (χ0) is 14.3. The lowest BCUT2D eigenvalue weighted by Crippen LogP contribution is -2.35. The number of hydrogen-bond acceptors (Lipinski definition) is 3. The highest BCUT2D eigenvalue weighted by Gasteiger charge is 2.12. The number of amides is 2. The Morgan fingerprint density at radius 1 is 1.00 bits per heavy atom. The summed E-state index contributed by atoms with van der Waals surface area (Å²) in [5.74, 6) is -1.26. The maximum Gasteiger partial charge on any atom is 0.313 e. The van der Waals surface area contributed by atoms with Crippen LogP contribution in [0.4, 0.5) is 11.4 Å². The third-order valence-electron chi connectivity index (χ3n) is 2.80. The van der Waals surface area contributed by atoms with E-state index in [2.05, 4.69) is 29.4 Å². The van der Waals surface area contributed by atoms with Crippen molar-refractivity contribution in [3.05, 3.63) is 24.3 Å².